The summed E-state index contributed by atoms with van der Waals surface area (Å²) in [7, 11) is 0. The Hall–Kier alpha value is -0.570. The fourth-order valence-electron chi connectivity index (χ4n) is 2.40. The third kappa shape index (κ3) is 5.53. The Kier molecular flexibility index (Phi) is 7.25. The van der Waals surface area contributed by atoms with Crippen molar-refractivity contribution in [2.45, 2.75) is 52.4 Å². The van der Waals surface area contributed by atoms with Crippen LogP contribution < -0.4 is 0 Å². The molecule has 1 heterocycles. The summed E-state index contributed by atoms with van der Waals surface area (Å²) in [6, 6.07) is 0. The van der Waals surface area contributed by atoms with Crippen LogP contribution >= 0.6 is 0 Å². The molecule has 0 unspecified atom stereocenters. The Morgan fingerprint density at radius 2 is 1.65 bits per heavy atom. The Labute approximate surface area is 106 Å². The summed E-state index contributed by atoms with van der Waals surface area (Å²) in [5.41, 5.74) is 0. The van der Waals surface area contributed by atoms with Crippen LogP contribution in [-0.2, 0) is 4.79 Å². The first kappa shape index (κ1) is 14.5. The highest BCUT2D eigenvalue weighted by Gasteiger charge is 2.19. The Morgan fingerprint density at radius 1 is 0.941 bits per heavy atom. The number of rotatable bonds is 7. The van der Waals surface area contributed by atoms with Crippen LogP contribution in [0.5, 0.6) is 0 Å². The monoisotopic (exact) mass is 240 g/mol. The number of hydrogen-bond donors (Lipinski definition) is 0. The molecule has 1 rings (SSSR count). The molecular formula is C14H28N2O. The molecule has 1 aliphatic heterocycles. The highest BCUT2D eigenvalue weighted by atomic mass is 16.2. The second kappa shape index (κ2) is 8.51. The van der Waals surface area contributed by atoms with Crippen molar-refractivity contribution >= 4 is 5.91 Å². The van der Waals surface area contributed by atoms with Crippen LogP contribution in [-0.4, -0.2) is 48.4 Å². The zero-order chi connectivity index (χ0) is 12.5. The largest absolute Gasteiger partial charge is 0.340 e. The average Bonchev–Trinajstić information content (AvgIpc) is 2.36. The van der Waals surface area contributed by atoms with Gasteiger partial charge in [0.15, 0.2) is 0 Å². The maximum Gasteiger partial charge on any atom is 0.222 e. The van der Waals surface area contributed by atoms with Crippen molar-refractivity contribution in [2.24, 2.45) is 0 Å². The highest BCUT2D eigenvalue weighted by molar-refractivity contribution is 5.76. The zero-order valence-corrected chi connectivity index (χ0v) is 11.6. The number of nitrogens with zero attached hydrogens (tertiary/aromatic N) is 2. The van der Waals surface area contributed by atoms with Gasteiger partial charge in [0.1, 0.15) is 0 Å². The molecule has 17 heavy (non-hydrogen) atoms. The molecule has 1 fully saturated rings. The summed E-state index contributed by atoms with van der Waals surface area (Å²) in [4.78, 5) is 16.4. The molecule has 0 bridgehead atoms. The van der Waals surface area contributed by atoms with E-state index >= 15 is 0 Å². The fraction of sp³-hybridized carbons (Fsp3) is 0.929. The first-order chi connectivity index (χ1) is 8.27. The second-order valence-electron chi connectivity index (χ2n) is 5.03. The van der Waals surface area contributed by atoms with Crippen LogP contribution in [0.25, 0.3) is 0 Å². The van der Waals surface area contributed by atoms with Crippen molar-refractivity contribution in [1.82, 2.24) is 9.80 Å². The standard InChI is InChI=1S/C14H28N2O/c1-3-5-6-7-8-14(17)16-12-10-15(9-4-2)11-13-16/h3-13H2,1-2H3. The highest BCUT2D eigenvalue weighted by Crippen LogP contribution is 2.08. The molecule has 3 nitrogen and oxygen atoms in total. The van der Waals surface area contributed by atoms with Gasteiger partial charge in [-0.2, -0.15) is 0 Å². The van der Waals surface area contributed by atoms with Gasteiger partial charge in [-0.15, -0.1) is 0 Å². The molecule has 0 atom stereocenters. The van der Waals surface area contributed by atoms with Crippen molar-refractivity contribution in [3.05, 3.63) is 0 Å². The van der Waals surface area contributed by atoms with E-state index in [0.29, 0.717) is 5.91 Å². The molecule has 0 aromatic carbocycles. The van der Waals surface area contributed by atoms with E-state index in [0.717, 1.165) is 39.0 Å². The topological polar surface area (TPSA) is 23.6 Å². The zero-order valence-electron chi connectivity index (χ0n) is 11.6. The average molecular weight is 240 g/mol. The van der Waals surface area contributed by atoms with E-state index in [1.54, 1.807) is 0 Å². The SMILES string of the molecule is CCCCCCC(=O)N1CCN(CCC)CC1. The molecule has 0 aromatic rings. The fourth-order valence-corrected chi connectivity index (χ4v) is 2.40. The van der Waals surface area contributed by atoms with E-state index in [9.17, 15) is 4.79 Å². The summed E-state index contributed by atoms with van der Waals surface area (Å²) < 4.78 is 0. The van der Waals surface area contributed by atoms with Crippen molar-refractivity contribution in [3.8, 4) is 0 Å². The van der Waals surface area contributed by atoms with Gasteiger partial charge < -0.3 is 4.90 Å². The lowest BCUT2D eigenvalue weighted by molar-refractivity contribution is -0.133. The molecule has 0 aromatic heterocycles. The van der Waals surface area contributed by atoms with E-state index in [1.807, 2.05) is 0 Å². The van der Waals surface area contributed by atoms with Crippen molar-refractivity contribution < 1.29 is 4.79 Å². The van der Waals surface area contributed by atoms with Gasteiger partial charge in [0, 0.05) is 32.6 Å². The van der Waals surface area contributed by atoms with Crippen LogP contribution in [0.15, 0.2) is 0 Å². The number of unbranched alkanes of at least 4 members (excludes halogenated alkanes) is 3. The third-order valence-corrected chi connectivity index (χ3v) is 3.51. The van der Waals surface area contributed by atoms with Gasteiger partial charge in [-0.3, -0.25) is 9.69 Å². The van der Waals surface area contributed by atoms with Crippen LogP contribution in [0.3, 0.4) is 0 Å². The van der Waals surface area contributed by atoms with Gasteiger partial charge in [0.25, 0.3) is 0 Å². The summed E-state index contributed by atoms with van der Waals surface area (Å²) in [5.74, 6) is 0.372. The first-order valence-corrected chi connectivity index (χ1v) is 7.28. The van der Waals surface area contributed by atoms with Gasteiger partial charge in [0.05, 0.1) is 0 Å². The second-order valence-corrected chi connectivity index (χ2v) is 5.03. The van der Waals surface area contributed by atoms with Gasteiger partial charge in [-0.05, 0) is 19.4 Å². The molecule has 3 heteroatoms. The molecule has 100 valence electrons. The lowest BCUT2D eigenvalue weighted by Crippen LogP contribution is -2.48. The third-order valence-electron chi connectivity index (χ3n) is 3.51. The van der Waals surface area contributed by atoms with E-state index in [-0.39, 0.29) is 0 Å². The van der Waals surface area contributed by atoms with Crippen molar-refractivity contribution in [3.63, 3.8) is 0 Å². The number of hydrogen-bond acceptors (Lipinski definition) is 2. The smallest absolute Gasteiger partial charge is 0.222 e. The molecule has 0 aliphatic carbocycles. The molecule has 0 N–H and O–H groups in total. The predicted octanol–water partition coefficient (Wildman–Crippen LogP) is 2.51. The normalized spacial score (nSPS) is 17.4. The Bertz CT molecular complexity index is 210. The van der Waals surface area contributed by atoms with E-state index in [1.165, 1.54) is 32.2 Å². The molecule has 0 saturated carbocycles. The quantitative estimate of drug-likeness (QED) is 0.638. The number of carbonyl (C=O) groups excluding carboxylic acids is 1. The number of carbonyl (C=O) groups is 1. The van der Waals surface area contributed by atoms with Crippen LogP contribution in [0, 0.1) is 0 Å². The Balaban J connectivity index is 2.12. The number of amides is 1. The van der Waals surface area contributed by atoms with E-state index < -0.39 is 0 Å². The van der Waals surface area contributed by atoms with Crippen LogP contribution in [0.2, 0.25) is 0 Å². The predicted molar refractivity (Wildman–Crippen MR) is 72.1 cm³/mol. The minimum atomic E-state index is 0.372. The van der Waals surface area contributed by atoms with Gasteiger partial charge in [-0.25, -0.2) is 0 Å². The summed E-state index contributed by atoms with van der Waals surface area (Å²) in [6.45, 7) is 9.60. The Morgan fingerprint density at radius 3 is 2.24 bits per heavy atom. The van der Waals surface area contributed by atoms with Crippen LogP contribution in [0.1, 0.15) is 52.4 Å². The molecule has 1 amide bonds. The van der Waals surface area contributed by atoms with Gasteiger partial charge >= 0.3 is 0 Å². The molecule has 0 radical (unpaired) electrons. The van der Waals surface area contributed by atoms with Gasteiger partial charge in [-0.1, -0.05) is 33.1 Å². The molecule has 1 saturated heterocycles. The minimum Gasteiger partial charge on any atom is -0.340 e. The summed E-state index contributed by atoms with van der Waals surface area (Å²) >= 11 is 0. The first-order valence-electron chi connectivity index (χ1n) is 7.28. The van der Waals surface area contributed by atoms with Crippen molar-refractivity contribution in [1.29, 1.82) is 0 Å². The molecular weight excluding hydrogens is 212 g/mol. The van der Waals surface area contributed by atoms with E-state index in [4.69, 9.17) is 0 Å². The lowest BCUT2D eigenvalue weighted by atomic mass is 10.1. The van der Waals surface area contributed by atoms with Gasteiger partial charge in [0.2, 0.25) is 5.91 Å². The van der Waals surface area contributed by atoms with Crippen LogP contribution in [0.4, 0.5) is 0 Å². The summed E-state index contributed by atoms with van der Waals surface area (Å²) in [5, 5.41) is 0. The maximum atomic E-state index is 11.9. The molecule has 1 aliphatic rings. The maximum absolute atomic E-state index is 11.9. The number of piperazine rings is 1. The van der Waals surface area contributed by atoms with E-state index in [2.05, 4.69) is 23.6 Å². The summed E-state index contributed by atoms with van der Waals surface area (Å²) in [6.07, 6.45) is 6.75. The minimum absolute atomic E-state index is 0.372. The molecule has 0 spiro atoms. The lowest BCUT2D eigenvalue weighted by Gasteiger charge is -2.34. The van der Waals surface area contributed by atoms with Crippen molar-refractivity contribution in [2.75, 3.05) is 32.7 Å².